The van der Waals surface area contributed by atoms with E-state index in [1.165, 1.54) is 38.5 Å². The molecule has 0 saturated heterocycles. The number of phenolic OH excluding ortho intramolecular Hbond substituents is 3. The molecule has 3 aromatic carbocycles. The summed E-state index contributed by atoms with van der Waals surface area (Å²) < 4.78 is 22.1. The van der Waals surface area contributed by atoms with Crippen LogP contribution in [0.4, 0.5) is 0 Å². The zero-order chi connectivity index (χ0) is 24.9. The van der Waals surface area contributed by atoms with E-state index in [1.807, 2.05) is 0 Å². The molecule has 0 spiro atoms. The third-order valence-corrected chi connectivity index (χ3v) is 5.98. The molecule has 1 aromatic heterocycles. The highest BCUT2D eigenvalue weighted by Crippen LogP contribution is 2.48. The monoisotopic (exact) mass is 476 g/mol. The molecule has 178 valence electrons. The lowest BCUT2D eigenvalue weighted by atomic mass is 9.84. The van der Waals surface area contributed by atoms with Gasteiger partial charge in [0, 0.05) is 29.2 Å². The molecule has 1 aliphatic rings. The highest BCUT2D eigenvalue weighted by atomic mass is 16.5. The summed E-state index contributed by atoms with van der Waals surface area (Å²) in [4.78, 5) is 25.5. The number of rotatable bonds is 4. The number of benzene rings is 3. The molecule has 1 atom stereocenters. The molecule has 1 aliphatic heterocycles. The van der Waals surface area contributed by atoms with Crippen LogP contribution in [0.1, 0.15) is 23.5 Å². The summed E-state index contributed by atoms with van der Waals surface area (Å²) in [7, 11) is 2.77. The van der Waals surface area contributed by atoms with Crippen molar-refractivity contribution in [1.29, 1.82) is 0 Å². The van der Waals surface area contributed by atoms with Gasteiger partial charge < -0.3 is 33.9 Å². The number of ether oxygens (including phenoxy) is 3. The Morgan fingerprint density at radius 2 is 1.57 bits per heavy atom. The van der Waals surface area contributed by atoms with Gasteiger partial charge in [0.1, 0.15) is 34.0 Å². The second kappa shape index (κ2) is 8.28. The minimum Gasteiger partial charge on any atom is -0.508 e. The first-order valence-corrected chi connectivity index (χ1v) is 10.6. The fraction of sp³-hybridized carbons (Fsp3) is 0.154. The highest BCUT2D eigenvalue weighted by Gasteiger charge is 2.34. The molecule has 4 aromatic rings. The van der Waals surface area contributed by atoms with Crippen molar-refractivity contribution in [3.05, 3.63) is 69.9 Å². The quantitative estimate of drug-likeness (QED) is 0.295. The van der Waals surface area contributed by atoms with Crippen LogP contribution in [0.2, 0.25) is 0 Å². The maximum absolute atomic E-state index is 13.0. The molecule has 0 aliphatic carbocycles. The fourth-order valence-corrected chi connectivity index (χ4v) is 4.33. The Balaban J connectivity index is 1.81. The summed E-state index contributed by atoms with van der Waals surface area (Å²) in [6, 6.07) is 11.7. The van der Waals surface area contributed by atoms with Gasteiger partial charge in [-0.2, -0.15) is 0 Å². The minimum absolute atomic E-state index is 0.0493. The Kier molecular flexibility index (Phi) is 5.24. The minimum atomic E-state index is -0.670. The average molecular weight is 476 g/mol. The first-order valence-electron chi connectivity index (χ1n) is 10.6. The van der Waals surface area contributed by atoms with E-state index in [-0.39, 0.29) is 57.6 Å². The van der Waals surface area contributed by atoms with Crippen molar-refractivity contribution in [2.75, 3.05) is 14.2 Å². The number of esters is 1. The largest absolute Gasteiger partial charge is 0.508 e. The van der Waals surface area contributed by atoms with E-state index in [2.05, 4.69) is 0 Å². The van der Waals surface area contributed by atoms with Crippen molar-refractivity contribution >= 4 is 16.9 Å². The van der Waals surface area contributed by atoms with Gasteiger partial charge in [-0.05, 0) is 42.0 Å². The SMILES string of the molecule is COc1cc(C2CC(=O)Oc3cc(O)c4c(=O)cc(-c5ccc(O)cc5)oc4c32)cc(OC)c1O. The number of methoxy groups -OCH3 is 2. The van der Waals surface area contributed by atoms with E-state index in [1.54, 1.807) is 24.3 Å². The van der Waals surface area contributed by atoms with Gasteiger partial charge in [0.25, 0.3) is 0 Å². The van der Waals surface area contributed by atoms with E-state index in [0.29, 0.717) is 16.7 Å². The lowest BCUT2D eigenvalue weighted by Crippen LogP contribution is -2.22. The zero-order valence-corrected chi connectivity index (χ0v) is 18.7. The predicted octanol–water partition coefficient (Wildman–Crippen LogP) is 4.04. The second-order valence-electron chi connectivity index (χ2n) is 8.04. The van der Waals surface area contributed by atoms with Crippen LogP contribution < -0.4 is 19.6 Å². The van der Waals surface area contributed by atoms with Gasteiger partial charge in [0.2, 0.25) is 5.75 Å². The van der Waals surface area contributed by atoms with Crippen LogP contribution in [0.15, 0.2) is 57.7 Å². The molecule has 0 saturated carbocycles. The van der Waals surface area contributed by atoms with Crippen molar-refractivity contribution in [1.82, 2.24) is 0 Å². The molecule has 0 fully saturated rings. The summed E-state index contributed by atoms with van der Waals surface area (Å²) in [6.07, 6.45) is -0.100. The summed E-state index contributed by atoms with van der Waals surface area (Å²) in [5.41, 5.74) is 1.01. The molecule has 5 rings (SSSR count). The summed E-state index contributed by atoms with van der Waals surface area (Å²) >= 11 is 0. The molecule has 35 heavy (non-hydrogen) atoms. The summed E-state index contributed by atoms with van der Waals surface area (Å²) in [5.74, 6) is -1.24. The topological polar surface area (TPSA) is 136 Å². The third-order valence-electron chi connectivity index (χ3n) is 5.98. The van der Waals surface area contributed by atoms with Crippen LogP contribution in [0, 0.1) is 0 Å². The van der Waals surface area contributed by atoms with Crippen molar-refractivity contribution in [2.45, 2.75) is 12.3 Å². The molecule has 0 radical (unpaired) electrons. The number of aromatic hydroxyl groups is 3. The molecule has 9 nitrogen and oxygen atoms in total. The molecular formula is C26H20O9. The van der Waals surface area contributed by atoms with Crippen LogP contribution in [0.25, 0.3) is 22.3 Å². The Morgan fingerprint density at radius 3 is 2.20 bits per heavy atom. The van der Waals surface area contributed by atoms with E-state index in [9.17, 15) is 24.9 Å². The first kappa shape index (κ1) is 22.1. The van der Waals surface area contributed by atoms with Gasteiger partial charge in [-0.25, -0.2) is 0 Å². The smallest absolute Gasteiger partial charge is 0.312 e. The zero-order valence-electron chi connectivity index (χ0n) is 18.7. The molecule has 0 bridgehead atoms. The van der Waals surface area contributed by atoms with Crippen molar-refractivity contribution in [3.63, 3.8) is 0 Å². The van der Waals surface area contributed by atoms with Crippen LogP contribution in [-0.4, -0.2) is 35.5 Å². The van der Waals surface area contributed by atoms with Gasteiger partial charge in [0.05, 0.1) is 20.6 Å². The van der Waals surface area contributed by atoms with Crippen LogP contribution in [0.5, 0.6) is 34.5 Å². The van der Waals surface area contributed by atoms with E-state index >= 15 is 0 Å². The maximum Gasteiger partial charge on any atom is 0.312 e. The molecule has 1 unspecified atom stereocenters. The van der Waals surface area contributed by atoms with Crippen LogP contribution in [-0.2, 0) is 4.79 Å². The summed E-state index contributed by atoms with van der Waals surface area (Å²) in [5, 5.41) is 30.5. The lowest BCUT2D eigenvalue weighted by molar-refractivity contribution is -0.135. The molecule has 0 amide bonds. The second-order valence-corrected chi connectivity index (χ2v) is 8.04. The number of hydrogen-bond donors (Lipinski definition) is 3. The standard InChI is InChI=1S/C26H20O9/c1-32-20-7-13(8-21(33-2)25(20)31)15-9-22(30)34-19-11-17(29)24-16(28)10-18(35-26(24)23(15)19)12-3-5-14(27)6-4-12/h3-8,10-11,15,27,29,31H,9H2,1-2H3. The lowest BCUT2D eigenvalue weighted by Gasteiger charge is -2.26. The molecule has 2 heterocycles. The van der Waals surface area contributed by atoms with Gasteiger partial charge in [-0.1, -0.05) is 0 Å². The number of phenols is 3. The normalized spacial score (nSPS) is 14.9. The van der Waals surface area contributed by atoms with Crippen molar-refractivity contribution in [2.24, 2.45) is 0 Å². The highest BCUT2D eigenvalue weighted by molar-refractivity contribution is 5.93. The molecule has 3 N–H and O–H groups in total. The first-order chi connectivity index (χ1) is 16.8. The Hall–Kier alpha value is -4.66. The predicted molar refractivity (Wildman–Crippen MR) is 125 cm³/mol. The van der Waals surface area contributed by atoms with Gasteiger partial charge in [-0.3, -0.25) is 9.59 Å². The van der Waals surface area contributed by atoms with E-state index in [0.717, 1.165) is 0 Å². The van der Waals surface area contributed by atoms with E-state index in [4.69, 9.17) is 18.6 Å². The molecule has 9 heteroatoms. The van der Waals surface area contributed by atoms with Crippen molar-refractivity contribution in [3.8, 4) is 45.8 Å². The van der Waals surface area contributed by atoms with Gasteiger partial charge >= 0.3 is 5.97 Å². The number of hydrogen-bond acceptors (Lipinski definition) is 9. The number of carbonyl (C=O) groups excluding carboxylic acids is 1. The van der Waals surface area contributed by atoms with Crippen molar-refractivity contribution < 1.29 is 38.7 Å². The van der Waals surface area contributed by atoms with E-state index < -0.39 is 17.3 Å². The number of fused-ring (bicyclic) bond motifs is 3. The average Bonchev–Trinajstić information content (AvgIpc) is 2.83. The van der Waals surface area contributed by atoms with Crippen LogP contribution >= 0.6 is 0 Å². The third kappa shape index (κ3) is 3.67. The fourth-order valence-electron chi connectivity index (χ4n) is 4.33. The number of carbonyl (C=O) groups is 1. The Morgan fingerprint density at radius 1 is 0.914 bits per heavy atom. The maximum atomic E-state index is 13.0. The Labute approximate surface area is 198 Å². The summed E-state index contributed by atoms with van der Waals surface area (Å²) in [6.45, 7) is 0. The molecular weight excluding hydrogens is 456 g/mol. The Bertz CT molecular complexity index is 1510. The van der Waals surface area contributed by atoms with Crippen LogP contribution in [0.3, 0.4) is 0 Å². The van der Waals surface area contributed by atoms with Gasteiger partial charge in [-0.15, -0.1) is 0 Å². The van der Waals surface area contributed by atoms with Gasteiger partial charge in [0.15, 0.2) is 16.9 Å².